The Morgan fingerprint density at radius 2 is 1.21 bits per heavy atom. The Morgan fingerprint density at radius 3 is 1.71 bits per heavy atom. The van der Waals surface area contributed by atoms with E-state index in [1.54, 1.807) is 73.7 Å². The van der Waals surface area contributed by atoms with Crippen molar-refractivity contribution in [2.75, 3.05) is 0 Å². The van der Waals surface area contributed by atoms with Crippen LogP contribution < -0.4 is 18.9 Å². The highest BCUT2D eigenvalue weighted by Crippen LogP contribution is 2.26. The van der Waals surface area contributed by atoms with Crippen molar-refractivity contribution in [3.63, 3.8) is 0 Å². The Kier molecular flexibility index (Phi) is 7.61. The molecule has 0 saturated carbocycles. The summed E-state index contributed by atoms with van der Waals surface area (Å²) in [6.45, 7) is 11.5. The molecule has 0 amide bonds. The summed E-state index contributed by atoms with van der Waals surface area (Å²) in [5.41, 5.74) is 1.15. The average Bonchev–Trinajstić information content (AvgIpc) is 2.75. The number of carbonyl (C=O) groups is 2. The van der Waals surface area contributed by atoms with E-state index in [2.05, 4.69) is 0 Å². The molecule has 0 aliphatic carbocycles. The molecule has 0 unspecified atom stereocenters. The Hall–Kier alpha value is -3.80. The van der Waals surface area contributed by atoms with Gasteiger partial charge in [-0.3, -0.25) is 0 Å². The van der Waals surface area contributed by atoms with Crippen molar-refractivity contribution < 1.29 is 28.5 Å². The van der Waals surface area contributed by atoms with Gasteiger partial charge in [0, 0.05) is 0 Å². The van der Waals surface area contributed by atoms with Gasteiger partial charge in [-0.2, -0.15) is 0 Å². The molecule has 0 aromatic heterocycles. The minimum atomic E-state index is -0.488. The van der Waals surface area contributed by atoms with Crippen LogP contribution in [0.4, 0.5) is 0 Å². The Balaban J connectivity index is 1.62. The zero-order valence-corrected chi connectivity index (χ0v) is 20.4. The number of esters is 2. The molecule has 0 bridgehead atoms. The average molecular weight is 463 g/mol. The van der Waals surface area contributed by atoms with E-state index in [0.29, 0.717) is 39.7 Å². The Morgan fingerprint density at radius 1 is 0.706 bits per heavy atom. The normalized spacial score (nSPS) is 11.1. The standard InChI is InChI=1S/C28H30O6/c1-18(2)31-22-11-7-20(8-12-22)26(29)32-24-15-16-25(19(3)17-24)33-27(30)21-9-13-23(14-10-21)34-28(4,5)6/h7-18H,1-6H3. The highest BCUT2D eigenvalue weighted by atomic mass is 16.5. The Labute approximate surface area is 200 Å². The van der Waals surface area contributed by atoms with Crippen molar-refractivity contribution in [1.29, 1.82) is 0 Å². The zero-order valence-electron chi connectivity index (χ0n) is 20.4. The molecule has 0 saturated heterocycles. The fraction of sp³-hybridized carbons (Fsp3) is 0.286. The van der Waals surface area contributed by atoms with E-state index in [1.165, 1.54) is 0 Å². The van der Waals surface area contributed by atoms with Gasteiger partial charge in [-0.05, 0) is 114 Å². The van der Waals surface area contributed by atoms with Crippen molar-refractivity contribution in [2.45, 2.75) is 53.2 Å². The first kappa shape index (κ1) is 24.8. The molecule has 178 valence electrons. The van der Waals surface area contributed by atoms with Gasteiger partial charge >= 0.3 is 11.9 Å². The highest BCUT2D eigenvalue weighted by Gasteiger charge is 2.15. The SMILES string of the molecule is Cc1cc(OC(=O)c2ccc(OC(C)C)cc2)ccc1OC(=O)c1ccc(OC(C)(C)C)cc1. The summed E-state index contributed by atoms with van der Waals surface area (Å²) in [6.07, 6.45) is 0.0511. The first-order chi connectivity index (χ1) is 16.0. The minimum Gasteiger partial charge on any atom is -0.491 e. The maximum absolute atomic E-state index is 12.5. The quantitative estimate of drug-likeness (QED) is 0.299. The number of ether oxygens (including phenoxy) is 4. The van der Waals surface area contributed by atoms with Gasteiger partial charge in [0.1, 0.15) is 28.6 Å². The maximum atomic E-state index is 12.5. The van der Waals surface area contributed by atoms with E-state index >= 15 is 0 Å². The predicted molar refractivity (Wildman–Crippen MR) is 130 cm³/mol. The van der Waals surface area contributed by atoms with Gasteiger partial charge in [-0.25, -0.2) is 9.59 Å². The summed E-state index contributed by atoms with van der Waals surface area (Å²) in [6, 6.07) is 18.4. The van der Waals surface area contributed by atoms with E-state index < -0.39 is 11.9 Å². The summed E-state index contributed by atoms with van der Waals surface area (Å²) in [7, 11) is 0. The lowest BCUT2D eigenvalue weighted by molar-refractivity contribution is 0.0718. The molecule has 0 heterocycles. The van der Waals surface area contributed by atoms with Gasteiger partial charge in [0.05, 0.1) is 17.2 Å². The zero-order chi connectivity index (χ0) is 24.9. The maximum Gasteiger partial charge on any atom is 0.343 e. The molecule has 6 heteroatoms. The van der Waals surface area contributed by atoms with Gasteiger partial charge in [0.2, 0.25) is 0 Å². The molecule has 0 N–H and O–H groups in total. The van der Waals surface area contributed by atoms with E-state index in [1.807, 2.05) is 34.6 Å². The van der Waals surface area contributed by atoms with Crippen LogP contribution in [0.25, 0.3) is 0 Å². The van der Waals surface area contributed by atoms with Crippen LogP contribution in [0.15, 0.2) is 66.7 Å². The van der Waals surface area contributed by atoms with E-state index in [0.717, 1.165) is 0 Å². The van der Waals surface area contributed by atoms with E-state index in [4.69, 9.17) is 18.9 Å². The molecule has 3 aromatic rings. The van der Waals surface area contributed by atoms with Gasteiger partial charge in [-0.15, -0.1) is 0 Å². The lowest BCUT2D eigenvalue weighted by Crippen LogP contribution is -2.22. The van der Waals surface area contributed by atoms with Crippen molar-refractivity contribution >= 4 is 11.9 Å². The topological polar surface area (TPSA) is 71.1 Å². The summed E-state index contributed by atoms with van der Waals surface area (Å²) in [5.74, 6) is 1.12. The number of hydrogen-bond acceptors (Lipinski definition) is 6. The van der Waals surface area contributed by atoms with Crippen molar-refractivity contribution in [3.8, 4) is 23.0 Å². The van der Waals surface area contributed by atoms with Crippen LogP contribution >= 0.6 is 0 Å². The van der Waals surface area contributed by atoms with Crippen LogP contribution in [0.2, 0.25) is 0 Å². The molecular weight excluding hydrogens is 432 g/mol. The fourth-order valence-electron chi connectivity index (χ4n) is 3.08. The molecule has 0 atom stereocenters. The monoisotopic (exact) mass is 462 g/mol. The molecule has 3 aromatic carbocycles. The number of carbonyl (C=O) groups excluding carboxylic acids is 2. The van der Waals surface area contributed by atoms with Crippen LogP contribution in [-0.4, -0.2) is 23.6 Å². The predicted octanol–water partition coefficient (Wildman–Crippen LogP) is 6.40. The number of hydrogen-bond donors (Lipinski definition) is 0. The van der Waals surface area contributed by atoms with Crippen LogP contribution in [0, 0.1) is 6.92 Å². The highest BCUT2D eigenvalue weighted by molar-refractivity contribution is 5.92. The van der Waals surface area contributed by atoms with Gasteiger partial charge in [-0.1, -0.05) is 0 Å². The molecule has 3 rings (SSSR count). The molecule has 0 spiro atoms. The smallest absolute Gasteiger partial charge is 0.343 e. The summed E-state index contributed by atoms with van der Waals surface area (Å²) in [5, 5.41) is 0. The summed E-state index contributed by atoms with van der Waals surface area (Å²) in [4.78, 5) is 25.0. The third-order valence-electron chi connectivity index (χ3n) is 4.54. The van der Waals surface area contributed by atoms with Crippen LogP contribution in [-0.2, 0) is 0 Å². The second-order valence-electron chi connectivity index (χ2n) is 9.14. The molecule has 34 heavy (non-hydrogen) atoms. The van der Waals surface area contributed by atoms with Crippen LogP contribution in [0.5, 0.6) is 23.0 Å². The first-order valence-electron chi connectivity index (χ1n) is 11.1. The van der Waals surface area contributed by atoms with Crippen molar-refractivity contribution in [3.05, 3.63) is 83.4 Å². The second-order valence-corrected chi connectivity index (χ2v) is 9.14. The molecule has 0 aliphatic rings. The van der Waals surface area contributed by atoms with Gasteiger partial charge in [0.15, 0.2) is 0 Å². The molecule has 0 radical (unpaired) electrons. The minimum absolute atomic E-state index is 0.0511. The fourth-order valence-corrected chi connectivity index (χ4v) is 3.08. The Bertz CT molecular complexity index is 1140. The molecular formula is C28H30O6. The third-order valence-corrected chi connectivity index (χ3v) is 4.54. The first-order valence-corrected chi connectivity index (χ1v) is 11.1. The lowest BCUT2D eigenvalue weighted by Gasteiger charge is -2.21. The number of rotatable bonds is 7. The van der Waals surface area contributed by atoms with E-state index in [9.17, 15) is 9.59 Å². The number of benzene rings is 3. The summed E-state index contributed by atoms with van der Waals surface area (Å²) < 4.78 is 22.3. The third kappa shape index (κ3) is 7.10. The molecule has 0 aliphatic heterocycles. The largest absolute Gasteiger partial charge is 0.491 e. The van der Waals surface area contributed by atoms with E-state index in [-0.39, 0.29) is 11.7 Å². The van der Waals surface area contributed by atoms with Crippen molar-refractivity contribution in [2.24, 2.45) is 0 Å². The lowest BCUT2D eigenvalue weighted by atomic mass is 10.1. The molecule has 0 fully saturated rings. The van der Waals surface area contributed by atoms with Gasteiger partial charge < -0.3 is 18.9 Å². The van der Waals surface area contributed by atoms with Crippen LogP contribution in [0.1, 0.15) is 60.9 Å². The van der Waals surface area contributed by atoms with Crippen LogP contribution in [0.3, 0.4) is 0 Å². The summed E-state index contributed by atoms with van der Waals surface area (Å²) >= 11 is 0. The van der Waals surface area contributed by atoms with Gasteiger partial charge in [0.25, 0.3) is 0 Å². The molecule has 6 nitrogen and oxygen atoms in total. The number of aryl methyl sites for hydroxylation is 1. The second kappa shape index (κ2) is 10.4. The van der Waals surface area contributed by atoms with Crippen molar-refractivity contribution in [1.82, 2.24) is 0 Å².